The number of hydrogen-bond donors (Lipinski definition) is 1. The molecule has 2 aliphatic heterocycles. The van der Waals surface area contributed by atoms with Crippen LogP contribution in [0.4, 0.5) is 11.4 Å². The van der Waals surface area contributed by atoms with Gasteiger partial charge in [-0.1, -0.05) is 83.9 Å². The van der Waals surface area contributed by atoms with Crippen molar-refractivity contribution >= 4 is 57.7 Å². The van der Waals surface area contributed by atoms with E-state index in [1.54, 1.807) is 60.7 Å². The van der Waals surface area contributed by atoms with Crippen molar-refractivity contribution < 1.29 is 33.4 Å². The second-order valence-corrected chi connectivity index (χ2v) is 15.7. The minimum absolute atomic E-state index is 0.114. The van der Waals surface area contributed by atoms with E-state index in [2.05, 4.69) is 4.98 Å². The smallest absolute Gasteiger partial charge is 0.246 e. The molecule has 288 valence electrons. The number of halogens is 1. The van der Waals surface area contributed by atoms with Crippen LogP contribution in [0.15, 0.2) is 143 Å². The number of rotatable bonds is 8. The standard InChI is InChI=1S/C47H36ClN3O7/c48-30-9-6-10-32(25-30)51-44(54)37-26-36-34(41(27-15-19-33(20-16-27)57-24-23-52)47(37,46(51)56)29-7-2-1-3-8-29)21-22-35-40(36)45(55)50(43(35)53)31-17-13-28(14-18-31)42-49-38-11-4-5-12-39(38)58-42/h1-21,25,35-37,40-41,52H,22-24,26H2/t35-,36+,37-,40-,41-,47+/m0/s1. The highest BCUT2D eigenvalue weighted by molar-refractivity contribution is 6.32. The highest BCUT2D eigenvalue weighted by atomic mass is 35.5. The van der Waals surface area contributed by atoms with Gasteiger partial charge in [0.15, 0.2) is 5.58 Å². The maximum atomic E-state index is 15.5. The molecule has 0 radical (unpaired) electrons. The fourth-order valence-electron chi connectivity index (χ4n) is 10.0. The first-order valence-corrected chi connectivity index (χ1v) is 19.7. The number of benzene rings is 5. The number of allylic oxidation sites excluding steroid dienone is 2. The summed E-state index contributed by atoms with van der Waals surface area (Å²) in [5.74, 6) is -3.90. The zero-order chi connectivity index (χ0) is 39.7. The number of imide groups is 2. The average molecular weight is 790 g/mol. The van der Waals surface area contributed by atoms with E-state index in [0.717, 1.165) is 16.7 Å². The molecule has 10 rings (SSSR count). The Balaban J connectivity index is 1.08. The number of nitrogens with zero attached hydrogens (tertiary/aromatic N) is 3. The number of aliphatic hydroxyl groups is 1. The molecule has 3 heterocycles. The van der Waals surface area contributed by atoms with Crippen LogP contribution in [0.2, 0.25) is 5.02 Å². The van der Waals surface area contributed by atoms with Crippen LogP contribution in [0.1, 0.15) is 29.9 Å². The van der Waals surface area contributed by atoms with Gasteiger partial charge in [-0.25, -0.2) is 9.88 Å². The van der Waals surface area contributed by atoms with Gasteiger partial charge in [0.1, 0.15) is 17.9 Å². The van der Waals surface area contributed by atoms with E-state index in [1.165, 1.54) is 9.80 Å². The normalized spacial score (nSPS) is 25.1. The fourth-order valence-corrected chi connectivity index (χ4v) is 10.2. The van der Waals surface area contributed by atoms with Gasteiger partial charge >= 0.3 is 0 Å². The van der Waals surface area contributed by atoms with Crippen LogP contribution >= 0.6 is 11.6 Å². The molecule has 6 aromatic rings. The number of hydrogen-bond acceptors (Lipinski definition) is 8. The summed E-state index contributed by atoms with van der Waals surface area (Å²) in [5.41, 5.74) is 3.80. The maximum absolute atomic E-state index is 15.5. The molecule has 6 atom stereocenters. The van der Waals surface area contributed by atoms with E-state index in [4.69, 9.17) is 20.8 Å². The molecule has 0 spiro atoms. The van der Waals surface area contributed by atoms with Crippen molar-refractivity contribution in [3.8, 4) is 17.2 Å². The fraction of sp³-hybridized carbons (Fsp3) is 0.213. The van der Waals surface area contributed by atoms with Crippen molar-refractivity contribution in [3.63, 3.8) is 0 Å². The van der Waals surface area contributed by atoms with Gasteiger partial charge < -0.3 is 14.3 Å². The topological polar surface area (TPSA) is 130 Å². The quantitative estimate of drug-likeness (QED) is 0.122. The molecular formula is C47H36ClN3O7. The summed E-state index contributed by atoms with van der Waals surface area (Å²) in [6.07, 6.45) is 2.52. The van der Waals surface area contributed by atoms with Gasteiger partial charge in [-0.3, -0.25) is 24.1 Å². The molecular weight excluding hydrogens is 754 g/mol. The zero-order valence-electron chi connectivity index (χ0n) is 31.0. The number of oxazole rings is 1. The lowest BCUT2D eigenvalue weighted by Gasteiger charge is -2.50. The van der Waals surface area contributed by atoms with Gasteiger partial charge in [0, 0.05) is 16.5 Å². The lowest BCUT2D eigenvalue weighted by molar-refractivity contribution is -0.127. The molecule has 4 amide bonds. The van der Waals surface area contributed by atoms with Gasteiger partial charge in [0.25, 0.3) is 0 Å². The SMILES string of the molecule is O=C1[C@H]2[C@H](CC=C3[C@H]2C[C@H]2C(=O)N(c4cccc(Cl)c4)C(=O)[C@@]2(c2ccccc2)[C@H]3c2ccc(OCCO)cc2)C(=O)N1c1ccc(-c2nc3ccccc3o2)cc1. The van der Waals surface area contributed by atoms with E-state index in [1.807, 2.05) is 72.8 Å². The molecule has 3 fully saturated rings. The van der Waals surface area contributed by atoms with Crippen LogP contribution in [0.5, 0.6) is 5.75 Å². The third-order valence-corrected chi connectivity index (χ3v) is 12.6. The molecule has 0 unspecified atom stereocenters. The molecule has 10 nitrogen and oxygen atoms in total. The average Bonchev–Trinajstić information content (AvgIpc) is 3.87. The molecule has 58 heavy (non-hydrogen) atoms. The van der Waals surface area contributed by atoms with Gasteiger partial charge in [-0.15, -0.1) is 0 Å². The van der Waals surface area contributed by atoms with Crippen molar-refractivity contribution in [3.05, 3.63) is 155 Å². The second kappa shape index (κ2) is 13.9. The van der Waals surface area contributed by atoms with Crippen LogP contribution in [0.3, 0.4) is 0 Å². The molecule has 2 aliphatic carbocycles. The molecule has 11 heteroatoms. The molecule has 1 aromatic heterocycles. The van der Waals surface area contributed by atoms with Crippen molar-refractivity contribution in [2.24, 2.45) is 23.7 Å². The second-order valence-electron chi connectivity index (χ2n) is 15.3. The number of amides is 4. The molecule has 1 saturated carbocycles. The summed E-state index contributed by atoms with van der Waals surface area (Å²) in [4.78, 5) is 66.8. The summed E-state index contributed by atoms with van der Waals surface area (Å²) >= 11 is 6.44. The lowest BCUT2D eigenvalue weighted by Crippen LogP contribution is -2.53. The van der Waals surface area contributed by atoms with E-state index in [-0.39, 0.29) is 43.3 Å². The number of para-hydroxylation sites is 2. The number of ether oxygens (including phenoxy) is 1. The molecule has 0 bridgehead atoms. The Hall–Kier alpha value is -6.36. The van der Waals surface area contributed by atoms with Crippen LogP contribution in [-0.2, 0) is 24.6 Å². The van der Waals surface area contributed by atoms with Gasteiger partial charge in [0.05, 0.1) is 41.2 Å². The number of anilines is 2. The first-order valence-electron chi connectivity index (χ1n) is 19.4. The van der Waals surface area contributed by atoms with Gasteiger partial charge in [-0.2, -0.15) is 0 Å². The Kier molecular flexibility index (Phi) is 8.65. The predicted octanol–water partition coefficient (Wildman–Crippen LogP) is 7.89. The van der Waals surface area contributed by atoms with E-state index >= 15 is 9.59 Å². The minimum atomic E-state index is -1.39. The Morgan fingerprint density at radius 2 is 1.53 bits per heavy atom. The van der Waals surface area contributed by atoms with E-state index in [9.17, 15) is 14.7 Å². The highest BCUT2D eigenvalue weighted by Crippen LogP contribution is 2.64. The minimum Gasteiger partial charge on any atom is -0.491 e. The first kappa shape index (κ1) is 36.0. The Bertz CT molecular complexity index is 2630. The summed E-state index contributed by atoms with van der Waals surface area (Å²) in [6, 6.07) is 38.0. The third kappa shape index (κ3) is 5.39. The third-order valence-electron chi connectivity index (χ3n) is 12.4. The van der Waals surface area contributed by atoms with Gasteiger partial charge in [-0.05, 0) is 96.6 Å². The Morgan fingerprint density at radius 3 is 2.28 bits per heavy atom. The predicted molar refractivity (Wildman–Crippen MR) is 217 cm³/mol. The summed E-state index contributed by atoms with van der Waals surface area (Å²) in [6.45, 7) is -0.0362. The number of fused-ring (bicyclic) bond motifs is 5. The number of carbonyl (C=O) groups excluding carboxylic acids is 4. The first-order chi connectivity index (χ1) is 28.3. The van der Waals surface area contributed by atoms with Crippen molar-refractivity contribution in [2.45, 2.75) is 24.2 Å². The molecule has 1 N–H and O–H groups in total. The molecule has 5 aromatic carbocycles. The summed E-state index contributed by atoms with van der Waals surface area (Å²) in [7, 11) is 0. The van der Waals surface area contributed by atoms with Crippen molar-refractivity contribution in [2.75, 3.05) is 23.0 Å². The van der Waals surface area contributed by atoms with Crippen LogP contribution in [0.25, 0.3) is 22.6 Å². The van der Waals surface area contributed by atoms with Crippen LogP contribution < -0.4 is 14.5 Å². The van der Waals surface area contributed by atoms with Crippen molar-refractivity contribution in [1.29, 1.82) is 0 Å². The summed E-state index contributed by atoms with van der Waals surface area (Å²) < 4.78 is 11.7. The van der Waals surface area contributed by atoms with Crippen LogP contribution in [-0.4, -0.2) is 46.9 Å². The molecule has 4 aliphatic rings. The Labute approximate surface area is 338 Å². The van der Waals surface area contributed by atoms with E-state index in [0.29, 0.717) is 51.2 Å². The number of aliphatic hydroxyl groups excluding tert-OH is 1. The summed E-state index contributed by atoms with van der Waals surface area (Å²) in [5, 5.41) is 9.77. The van der Waals surface area contributed by atoms with E-state index < -0.39 is 35.0 Å². The lowest BCUT2D eigenvalue weighted by atomic mass is 9.49. The number of carbonyl (C=O) groups is 4. The monoisotopic (exact) mass is 789 g/mol. The highest BCUT2D eigenvalue weighted by Gasteiger charge is 2.70. The number of aromatic nitrogens is 1. The van der Waals surface area contributed by atoms with Crippen molar-refractivity contribution in [1.82, 2.24) is 4.98 Å². The maximum Gasteiger partial charge on any atom is 0.246 e. The largest absolute Gasteiger partial charge is 0.491 e. The van der Waals surface area contributed by atoms with Gasteiger partial charge in [0.2, 0.25) is 29.5 Å². The Morgan fingerprint density at radius 1 is 0.776 bits per heavy atom. The zero-order valence-corrected chi connectivity index (χ0v) is 31.8. The molecule has 2 saturated heterocycles. The van der Waals surface area contributed by atoms with Crippen LogP contribution in [0, 0.1) is 23.7 Å².